The van der Waals surface area contributed by atoms with E-state index in [1.807, 2.05) is 47.6 Å². The van der Waals surface area contributed by atoms with E-state index in [1.54, 1.807) is 18.3 Å². The molecular formula is C27H27N7O2S. The van der Waals surface area contributed by atoms with E-state index in [0.29, 0.717) is 29.5 Å². The number of fused-ring (bicyclic) bond motifs is 2. The molecule has 1 aliphatic carbocycles. The molecular weight excluding hydrogens is 486 g/mol. The Morgan fingerprint density at radius 1 is 1.19 bits per heavy atom. The highest BCUT2D eigenvalue weighted by Gasteiger charge is 2.39. The van der Waals surface area contributed by atoms with Crippen LogP contribution >= 0.6 is 11.9 Å². The molecule has 2 aliphatic rings. The van der Waals surface area contributed by atoms with Crippen molar-refractivity contribution in [3.05, 3.63) is 71.4 Å². The second kappa shape index (κ2) is 9.11. The summed E-state index contributed by atoms with van der Waals surface area (Å²) >= 11 is 1.44. The zero-order valence-corrected chi connectivity index (χ0v) is 21.4. The molecule has 1 aliphatic heterocycles. The first kappa shape index (κ1) is 23.4. The van der Waals surface area contributed by atoms with Crippen molar-refractivity contribution in [1.82, 2.24) is 19.5 Å². The summed E-state index contributed by atoms with van der Waals surface area (Å²) in [6.45, 7) is 2.72. The molecule has 0 bridgehead atoms. The van der Waals surface area contributed by atoms with E-state index in [1.165, 1.54) is 29.3 Å². The highest BCUT2D eigenvalue weighted by Crippen LogP contribution is 2.41. The Bertz CT molecular complexity index is 1530. The molecule has 4 aromatic rings. The van der Waals surface area contributed by atoms with Crippen LogP contribution < -0.4 is 15.8 Å². The molecule has 188 valence electrons. The molecule has 9 nitrogen and oxygen atoms in total. The lowest BCUT2D eigenvalue weighted by atomic mass is 10.0. The van der Waals surface area contributed by atoms with Crippen molar-refractivity contribution in [2.24, 2.45) is 5.92 Å². The third kappa shape index (κ3) is 4.17. The fourth-order valence-electron chi connectivity index (χ4n) is 5.02. The SMILES string of the molecule is CSNc1cc(-c2ccn3nc(N)c(C(=O)Nc4ccccc4)c3n2)cc2c1C(=O)N(C(C)C1CC1)C2. The predicted molar refractivity (Wildman–Crippen MR) is 146 cm³/mol. The Morgan fingerprint density at radius 2 is 1.97 bits per heavy atom. The second-order valence-electron chi connectivity index (χ2n) is 9.54. The van der Waals surface area contributed by atoms with Crippen LogP contribution in [0.4, 0.5) is 17.2 Å². The minimum Gasteiger partial charge on any atom is -0.381 e. The number of rotatable bonds is 7. The van der Waals surface area contributed by atoms with E-state index in [0.717, 1.165) is 22.4 Å². The van der Waals surface area contributed by atoms with Crippen LogP contribution in [0.5, 0.6) is 0 Å². The second-order valence-corrected chi connectivity index (χ2v) is 10.1. The van der Waals surface area contributed by atoms with Gasteiger partial charge in [0.2, 0.25) is 0 Å². The first-order valence-corrected chi connectivity index (χ1v) is 13.5. The van der Waals surface area contributed by atoms with Crippen LogP contribution in [0.1, 0.15) is 46.0 Å². The molecule has 1 saturated carbocycles. The van der Waals surface area contributed by atoms with E-state index in [9.17, 15) is 9.59 Å². The summed E-state index contributed by atoms with van der Waals surface area (Å²) < 4.78 is 4.80. The highest BCUT2D eigenvalue weighted by molar-refractivity contribution is 7.99. The summed E-state index contributed by atoms with van der Waals surface area (Å²) in [5, 5.41) is 7.14. The Balaban J connectivity index is 1.39. The smallest absolute Gasteiger partial charge is 0.263 e. The minimum atomic E-state index is -0.377. The van der Waals surface area contributed by atoms with Crippen LogP contribution in [-0.4, -0.2) is 43.6 Å². The lowest BCUT2D eigenvalue weighted by molar-refractivity contribution is 0.0698. The highest BCUT2D eigenvalue weighted by atomic mass is 32.2. The number of hydrogen-bond acceptors (Lipinski definition) is 7. The Hall–Kier alpha value is -4.05. The lowest BCUT2D eigenvalue weighted by Gasteiger charge is -2.24. The van der Waals surface area contributed by atoms with E-state index in [2.05, 4.69) is 22.1 Å². The number of carbonyl (C=O) groups is 2. The number of nitrogens with zero attached hydrogens (tertiary/aromatic N) is 4. The summed E-state index contributed by atoms with van der Waals surface area (Å²) in [5.41, 5.74) is 11.4. The first-order chi connectivity index (χ1) is 17.9. The van der Waals surface area contributed by atoms with Gasteiger partial charge in [0, 0.05) is 36.3 Å². The van der Waals surface area contributed by atoms with Gasteiger partial charge >= 0.3 is 0 Å². The van der Waals surface area contributed by atoms with Crippen molar-refractivity contribution in [3.63, 3.8) is 0 Å². The summed E-state index contributed by atoms with van der Waals surface area (Å²) in [5.74, 6) is 0.389. The molecule has 1 fully saturated rings. The van der Waals surface area contributed by atoms with Crippen molar-refractivity contribution >= 4 is 46.6 Å². The number of anilines is 3. The minimum absolute atomic E-state index is 0.0735. The standard InChI is InChI=1S/C27H27N7O2S/c1-15(16-8-9-16)33-14-18-12-17(13-21(32-37-2)22(18)27(33)36)20-10-11-34-25(30-20)23(24(28)31-34)26(35)29-19-6-4-3-5-7-19/h3-7,10-13,15-16,32H,8-9,14H2,1-2H3,(H2,28,31)(H,29,35). The van der Waals surface area contributed by atoms with E-state index < -0.39 is 0 Å². The monoisotopic (exact) mass is 513 g/mol. The number of benzene rings is 2. The van der Waals surface area contributed by atoms with Crippen LogP contribution in [0, 0.1) is 5.92 Å². The Labute approximate surface area is 218 Å². The summed E-state index contributed by atoms with van der Waals surface area (Å²) in [7, 11) is 0. The van der Waals surface area contributed by atoms with Crippen molar-refractivity contribution in [3.8, 4) is 11.3 Å². The van der Waals surface area contributed by atoms with Crippen LogP contribution in [0.15, 0.2) is 54.7 Å². The van der Waals surface area contributed by atoms with E-state index in [4.69, 9.17) is 10.7 Å². The number of nitrogen functional groups attached to an aromatic ring is 1. The topological polar surface area (TPSA) is 118 Å². The number of nitrogens with one attached hydrogen (secondary N) is 2. The summed E-state index contributed by atoms with van der Waals surface area (Å²) in [6.07, 6.45) is 6.04. The van der Waals surface area contributed by atoms with Crippen molar-refractivity contribution in [2.75, 3.05) is 22.0 Å². The first-order valence-electron chi connectivity index (χ1n) is 12.2. The van der Waals surface area contributed by atoms with Gasteiger partial charge in [-0.3, -0.25) is 9.59 Å². The van der Waals surface area contributed by atoms with Crippen LogP contribution in [0.2, 0.25) is 0 Å². The lowest BCUT2D eigenvalue weighted by Crippen LogP contribution is -2.34. The number of para-hydroxylation sites is 1. The number of nitrogens with two attached hydrogens (primary N) is 1. The molecule has 2 aromatic heterocycles. The average Bonchev–Trinajstić information content (AvgIpc) is 3.61. The summed E-state index contributed by atoms with van der Waals surface area (Å²) in [6, 6.07) is 15.2. The van der Waals surface area contributed by atoms with Crippen molar-refractivity contribution < 1.29 is 9.59 Å². The molecule has 1 unspecified atom stereocenters. The molecule has 0 radical (unpaired) electrons. The molecule has 2 aromatic carbocycles. The largest absolute Gasteiger partial charge is 0.381 e. The number of amides is 2. The van der Waals surface area contributed by atoms with Crippen LogP contribution in [0.3, 0.4) is 0 Å². The summed E-state index contributed by atoms with van der Waals surface area (Å²) in [4.78, 5) is 33.2. The van der Waals surface area contributed by atoms with Gasteiger partial charge < -0.3 is 20.7 Å². The number of aromatic nitrogens is 3. The van der Waals surface area contributed by atoms with Gasteiger partial charge in [-0.15, -0.1) is 5.10 Å². The average molecular weight is 514 g/mol. The molecule has 37 heavy (non-hydrogen) atoms. The van der Waals surface area contributed by atoms with Crippen molar-refractivity contribution in [2.45, 2.75) is 32.4 Å². The molecule has 6 rings (SSSR count). The molecule has 1 atom stereocenters. The number of hydrogen-bond donors (Lipinski definition) is 3. The van der Waals surface area contributed by atoms with Gasteiger partial charge in [0.05, 0.1) is 16.9 Å². The molecule has 0 saturated heterocycles. The molecule has 3 heterocycles. The third-order valence-electron chi connectivity index (χ3n) is 7.11. The Morgan fingerprint density at radius 3 is 2.70 bits per heavy atom. The van der Waals surface area contributed by atoms with Crippen LogP contribution in [-0.2, 0) is 6.54 Å². The van der Waals surface area contributed by atoms with E-state index >= 15 is 0 Å². The molecule has 10 heteroatoms. The Kier molecular flexibility index (Phi) is 5.75. The maximum Gasteiger partial charge on any atom is 0.263 e. The fourth-order valence-corrected chi connectivity index (χ4v) is 5.40. The maximum atomic E-state index is 13.4. The van der Waals surface area contributed by atoms with Gasteiger partial charge in [0.1, 0.15) is 5.56 Å². The molecule has 4 N–H and O–H groups in total. The molecule has 2 amide bonds. The van der Waals surface area contributed by atoms with Gasteiger partial charge in [0.15, 0.2) is 11.5 Å². The predicted octanol–water partition coefficient (Wildman–Crippen LogP) is 4.68. The maximum absolute atomic E-state index is 13.4. The van der Waals surface area contributed by atoms with Gasteiger partial charge in [-0.1, -0.05) is 30.1 Å². The fraction of sp³-hybridized carbons (Fsp3) is 0.259. The van der Waals surface area contributed by atoms with Gasteiger partial charge in [-0.05, 0) is 61.6 Å². The van der Waals surface area contributed by atoms with Crippen molar-refractivity contribution in [1.29, 1.82) is 0 Å². The van der Waals surface area contributed by atoms with Gasteiger partial charge in [-0.25, -0.2) is 9.50 Å². The van der Waals surface area contributed by atoms with Gasteiger partial charge in [-0.2, -0.15) is 0 Å². The van der Waals surface area contributed by atoms with Gasteiger partial charge in [0.25, 0.3) is 11.8 Å². The normalized spacial score (nSPS) is 15.6. The van der Waals surface area contributed by atoms with E-state index in [-0.39, 0.29) is 29.2 Å². The van der Waals surface area contributed by atoms with Crippen LogP contribution in [0.25, 0.3) is 16.9 Å². The zero-order chi connectivity index (χ0) is 25.7. The number of carbonyl (C=O) groups excluding carboxylic acids is 2. The third-order valence-corrected chi connectivity index (χ3v) is 7.53. The zero-order valence-electron chi connectivity index (χ0n) is 20.6. The quantitative estimate of drug-likeness (QED) is 0.307. The molecule has 0 spiro atoms.